The number of ketones is 1. The van der Waals surface area contributed by atoms with Crippen LogP contribution in [0.25, 0.3) is 0 Å². The summed E-state index contributed by atoms with van der Waals surface area (Å²) < 4.78 is 5.43. The molecule has 0 aromatic heterocycles. The lowest BCUT2D eigenvalue weighted by Crippen LogP contribution is -2.45. The van der Waals surface area contributed by atoms with Crippen molar-refractivity contribution in [3.63, 3.8) is 0 Å². The summed E-state index contributed by atoms with van der Waals surface area (Å²) in [6, 6.07) is 19.7. The quantitative estimate of drug-likeness (QED) is 0.450. The molecule has 1 fully saturated rings. The van der Waals surface area contributed by atoms with E-state index in [1.165, 1.54) is 18.9 Å². The minimum Gasteiger partial charge on any atom is -0.496 e. The number of nitrogens with zero attached hydrogens (tertiary/aromatic N) is 1. The highest BCUT2D eigenvalue weighted by molar-refractivity contribution is 6.09. The number of rotatable bonds is 6. The number of imide groups is 1. The van der Waals surface area contributed by atoms with Crippen LogP contribution in [-0.2, 0) is 16.9 Å². The number of hydrogen-bond donors (Lipinski definition) is 1. The summed E-state index contributed by atoms with van der Waals surface area (Å²) in [6.45, 7) is 5.39. The van der Waals surface area contributed by atoms with Crippen LogP contribution < -0.4 is 10.1 Å². The van der Waals surface area contributed by atoms with Crippen LogP contribution in [0.3, 0.4) is 0 Å². The SMILES string of the molecule is COc1ccc(C(C)=O)cc1CN1C(=O)NC(c2ccc(C)cc2)(c2ccc(C)cc2)C1=O. The van der Waals surface area contributed by atoms with E-state index in [4.69, 9.17) is 4.74 Å². The molecular formula is C27H26N2O4. The molecule has 0 spiro atoms. The molecule has 1 aliphatic heterocycles. The van der Waals surface area contributed by atoms with E-state index in [1.54, 1.807) is 18.2 Å². The van der Waals surface area contributed by atoms with Crippen LogP contribution >= 0.6 is 0 Å². The van der Waals surface area contributed by atoms with Crippen LogP contribution in [0.4, 0.5) is 4.79 Å². The van der Waals surface area contributed by atoms with E-state index in [2.05, 4.69) is 5.32 Å². The van der Waals surface area contributed by atoms with E-state index in [0.29, 0.717) is 28.0 Å². The first-order chi connectivity index (χ1) is 15.8. The summed E-state index contributed by atoms with van der Waals surface area (Å²) >= 11 is 0. The van der Waals surface area contributed by atoms with Crippen LogP contribution in [0.2, 0.25) is 0 Å². The minimum absolute atomic E-state index is 0.0194. The Bertz CT molecular complexity index is 1180. The van der Waals surface area contributed by atoms with Crippen molar-refractivity contribution >= 4 is 17.7 Å². The topological polar surface area (TPSA) is 75.7 Å². The molecule has 1 heterocycles. The number of urea groups is 1. The van der Waals surface area contributed by atoms with E-state index < -0.39 is 11.6 Å². The summed E-state index contributed by atoms with van der Waals surface area (Å²) in [5, 5.41) is 2.96. The molecule has 4 rings (SSSR count). The lowest BCUT2D eigenvalue weighted by Gasteiger charge is -2.28. The van der Waals surface area contributed by atoms with Gasteiger partial charge in [0.15, 0.2) is 11.3 Å². The van der Waals surface area contributed by atoms with Crippen LogP contribution in [0.5, 0.6) is 5.75 Å². The number of benzene rings is 3. The predicted molar refractivity (Wildman–Crippen MR) is 125 cm³/mol. The zero-order valence-corrected chi connectivity index (χ0v) is 19.1. The Morgan fingerprint density at radius 1 is 0.909 bits per heavy atom. The summed E-state index contributed by atoms with van der Waals surface area (Å²) in [5.74, 6) is 0.0176. The number of amides is 3. The molecule has 3 aromatic carbocycles. The van der Waals surface area contributed by atoms with Gasteiger partial charge in [0.2, 0.25) is 0 Å². The van der Waals surface area contributed by atoms with Gasteiger partial charge < -0.3 is 10.1 Å². The molecule has 6 nitrogen and oxygen atoms in total. The zero-order valence-electron chi connectivity index (χ0n) is 19.1. The lowest BCUT2D eigenvalue weighted by atomic mass is 9.82. The number of aryl methyl sites for hydroxylation is 2. The Morgan fingerprint density at radius 2 is 1.45 bits per heavy atom. The molecule has 0 radical (unpaired) electrons. The number of nitrogens with one attached hydrogen (secondary N) is 1. The standard InChI is InChI=1S/C27H26N2O4/c1-17-5-10-22(11-6-17)27(23-12-7-18(2)8-13-23)25(31)29(26(32)28-27)16-21-15-20(19(3)30)9-14-24(21)33-4/h5-15H,16H2,1-4H3,(H,28,32). The third kappa shape index (κ3) is 3.89. The molecule has 3 aromatic rings. The zero-order chi connectivity index (χ0) is 23.8. The van der Waals surface area contributed by atoms with Gasteiger partial charge in [0.25, 0.3) is 5.91 Å². The maximum absolute atomic E-state index is 14.0. The monoisotopic (exact) mass is 442 g/mol. The highest BCUT2D eigenvalue weighted by Gasteiger charge is 2.53. The van der Waals surface area contributed by atoms with Crippen LogP contribution in [0, 0.1) is 13.8 Å². The van der Waals surface area contributed by atoms with Crippen LogP contribution in [-0.4, -0.2) is 29.7 Å². The first-order valence-electron chi connectivity index (χ1n) is 10.7. The molecule has 1 saturated heterocycles. The Morgan fingerprint density at radius 3 is 1.94 bits per heavy atom. The van der Waals surface area contributed by atoms with Crippen molar-refractivity contribution in [2.24, 2.45) is 0 Å². The van der Waals surface area contributed by atoms with Gasteiger partial charge in [-0.05, 0) is 50.1 Å². The number of carbonyl (C=O) groups is 3. The van der Waals surface area contributed by atoms with Crippen LogP contribution in [0.1, 0.15) is 45.1 Å². The summed E-state index contributed by atoms with van der Waals surface area (Å²) in [5.41, 5.74) is 3.20. The Labute approximate surface area is 193 Å². The molecule has 0 bridgehead atoms. The highest BCUT2D eigenvalue weighted by Crippen LogP contribution is 2.37. The van der Waals surface area contributed by atoms with Crippen molar-refractivity contribution in [1.29, 1.82) is 0 Å². The first-order valence-corrected chi connectivity index (χ1v) is 10.7. The second-order valence-corrected chi connectivity index (χ2v) is 8.39. The van der Waals surface area contributed by atoms with Gasteiger partial charge in [-0.3, -0.25) is 14.5 Å². The van der Waals surface area contributed by atoms with Crippen molar-refractivity contribution < 1.29 is 19.1 Å². The molecule has 33 heavy (non-hydrogen) atoms. The maximum atomic E-state index is 14.0. The van der Waals surface area contributed by atoms with Crippen molar-refractivity contribution in [3.8, 4) is 5.75 Å². The number of carbonyl (C=O) groups excluding carboxylic acids is 3. The highest BCUT2D eigenvalue weighted by atomic mass is 16.5. The molecule has 0 atom stereocenters. The van der Waals surface area contributed by atoms with E-state index in [1.807, 2.05) is 62.4 Å². The number of methoxy groups -OCH3 is 1. The normalized spacial score (nSPS) is 14.8. The fraction of sp³-hybridized carbons (Fsp3) is 0.222. The average Bonchev–Trinajstić information content (AvgIpc) is 3.05. The number of ether oxygens (including phenoxy) is 1. The largest absolute Gasteiger partial charge is 0.496 e. The van der Waals surface area contributed by atoms with Crippen molar-refractivity contribution in [1.82, 2.24) is 10.2 Å². The third-order valence-electron chi connectivity index (χ3n) is 6.09. The smallest absolute Gasteiger partial charge is 0.325 e. The number of Topliss-reactive ketones (excluding diaryl/α,β-unsaturated/α-hetero) is 1. The Balaban J connectivity index is 1.81. The molecule has 1 N–H and O–H groups in total. The van der Waals surface area contributed by atoms with Gasteiger partial charge in [0, 0.05) is 11.1 Å². The predicted octanol–water partition coefficient (Wildman–Crippen LogP) is 4.51. The fourth-order valence-electron chi connectivity index (χ4n) is 4.18. The lowest BCUT2D eigenvalue weighted by molar-refractivity contribution is -0.130. The van der Waals surface area contributed by atoms with E-state index in [-0.39, 0.29) is 18.2 Å². The van der Waals surface area contributed by atoms with Crippen molar-refractivity contribution in [2.75, 3.05) is 7.11 Å². The third-order valence-corrected chi connectivity index (χ3v) is 6.09. The molecule has 168 valence electrons. The summed E-state index contributed by atoms with van der Waals surface area (Å²) in [4.78, 5) is 40.2. The first kappa shape index (κ1) is 22.3. The molecule has 6 heteroatoms. The van der Waals surface area contributed by atoms with Gasteiger partial charge >= 0.3 is 6.03 Å². The summed E-state index contributed by atoms with van der Waals surface area (Å²) in [6.07, 6.45) is 0. The molecule has 1 aliphatic rings. The average molecular weight is 443 g/mol. The summed E-state index contributed by atoms with van der Waals surface area (Å²) in [7, 11) is 1.51. The molecule has 0 unspecified atom stereocenters. The molecule has 3 amide bonds. The second-order valence-electron chi connectivity index (χ2n) is 8.39. The van der Waals surface area contributed by atoms with E-state index in [9.17, 15) is 14.4 Å². The van der Waals surface area contributed by atoms with E-state index in [0.717, 1.165) is 11.1 Å². The van der Waals surface area contributed by atoms with Gasteiger partial charge in [-0.2, -0.15) is 0 Å². The van der Waals surface area contributed by atoms with Gasteiger partial charge in [-0.1, -0.05) is 59.7 Å². The second kappa shape index (κ2) is 8.54. The molecule has 0 aliphatic carbocycles. The number of hydrogen-bond acceptors (Lipinski definition) is 4. The van der Waals surface area contributed by atoms with Crippen LogP contribution in [0.15, 0.2) is 66.7 Å². The van der Waals surface area contributed by atoms with Gasteiger partial charge in [0.1, 0.15) is 5.75 Å². The van der Waals surface area contributed by atoms with Gasteiger partial charge in [-0.25, -0.2) is 4.79 Å². The van der Waals surface area contributed by atoms with Gasteiger partial charge in [0.05, 0.1) is 13.7 Å². The minimum atomic E-state index is -1.34. The Hall–Kier alpha value is -3.93. The maximum Gasteiger partial charge on any atom is 0.325 e. The fourth-order valence-corrected chi connectivity index (χ4v) is 4.18. The van der Waals surface area contributed by atoms with Crippen molar-refractivity contribution in [3.05, 3.63) is 100 Å². The van der Waals surface area contributed by atoms with Gasteiger partial charge in [-0.15, -0.1) is 0 Å². The molecular weight excluding hydrogens is 416 g/mol. The Kier molecular flexibility index (Phi) is 5.77. The van der Waals surface area contributed by atoms with Crippen molar-refractivity contribution in [2.45, 2.75) is 32.9 Å². The van der Waals surface area contributed by atoms with E-state index >= 15 is 0 Å². The molecule has 0 saturated carbocycles.